The summed E-state index contributed by atoms with van der Waals surface area (Å²) in [5.41, 5.74) is 2.07. The predicted molar refractivity (Wildman–Crippen MR) is 97.6 cm³/mol. The first-order valence-electron chi connectivity index (χ1n) is 8.79. The molecule has 1 aliphatic heterocycles. The van der Waals surface area contributed by atoms with E-state index in [9.17, 15) is 14.7 Å². The maximum atomic E-state index is 13.0. The Morgan fingerprint density at radius 2 is 1.88 bits per heavy atom. The number of hydrogen-bond donors (Lipinski definition) is 1. The zero-order valence-corrected chi connectivity index (χ0v) is 14.7. The Morgan fingerprint density at radius 1 is 1.19 bits per heavy atom. The molecule has 2 aromatic carbocycles. The second-order valence-electron chi connectivity index (χ2n) is 6.72. The maximum absolute atomic E-state index is 13.0. The zero-order valence-electron chi connectivity index (χ0n) is 14.7. The van der Waals surface area contributed by atoms with Crippen LogP contribution in [0.3, 0.4) is 0 Å². The van der Waals surface area contributed by atoms with Gasteiger partial charge in [0, 0.05) is 5.92 Å². The molecule has 0 spiro atoms. The molecule has 5 nitrogen and oxygen atoms in total. The minimum Gasteiger partial charge on any atom is -0.508 e. The standard InChI is InChI=1S/C21H23NO4/c1-15(11-17-7-9-19(24)10-8-17)21(25)22-18(14-26-20(22)13-23)12-16-5-3-2-4-6-16/h2-10,13,15,18,20,24H,11-12,14H2,1H3. The number of carbonyl (C=O) groups is 2. The highest BCUT2D eigenvalue weighted by Crippen LogP contribution is 2.24. The van der Waals surface area contributed by atoms with Crippen LogP contribution in [0.4, 0.5) is 0 Å². The van der Waals surface area contributed by atoms with Crippen molar-refractivity contribution in [3.8, 4) is 5.75 Å². The molecule has 0 bridgehead atoms. The average molecular weight is 353 g/mol. The first-order chi connectivity index (χ1) is 12.6. The monoisotopic (exact) mass is 353 g/mol. The molecule has 1 fully saturated rings. The molecule has 0 aromatic heterocycles. The summed E-state index contributed by atoms with van der Waals surface area (Å²) in [6, 6.07) is 16.6. The summed E-state index contributed by atoms with van der Waals surface area (Å²) in [6.45, 7) is 2.21. The van der Waals surface area contributed by atoms with Crippen molar-refractivity contribution >= 4 is 12.2 Å². The molecule has 3 atom stereocenters. The molecule has 5 heteroatoms. The number of phenols is 1. The van der Waals surface area contributed by atoms with Gasteiger partial charge in [-0.3, -0.25) is 9.59 Å². The van der Waals surface area contributed by atoms with Gasteiger partial charge in [-0.05, 0) is 36.1 Å². The minimum atomic E-state index is -0.821. The summed E-state index contributed by atoms with van der Waals surface area (Å²) >= 11 is 0. The van der Waals surface area contributed by atoms with Crippen LogP contribution in [0.1, 0.15) is 18.1 Å². The van der Waals surface area contributed by atoms with Gasteiger partial charge < -0.3 is 14.7 Å². The summed E-state index contributed by atoms with van der Waals surface area (Å²) in [5.74, 6) is -0.180. The molecule has 1 aliphatic rings. The van der Waals surface area contributed by atoms with Crippen LogP contribution in [0.15, 0.2) is 54.6 Å². The van der Waals surface area contributed by atoms with Crippen LogP contribution >= 0.6 is 0 Å². The normalized spacial score (nSPS) is 20.7. The lowest BCUT2D eigenvalue weighted by atomic mass is 9.98. The number of carbonyl (C=O) groups excluding carboxylic acids is 2. The fourth-order valence-electron chi connectivity index (χ4n) is 3.36. The Labute approximate surface area is 153 Å². The highest BCUT2D eigenvalue weighted by atomic mass is 16.5. The lowest BCUT2D eigenvalue weighted by Crippen LogP contribution is -2.46. The molecule has 1 amide bonds. The molecule has 3 unspecified atom stereocenters. The summed E-state index contributed by atoms with van der Waals surface area (Å²) in [5, 5.41) is 9.38. The van der Waals surface area contributed by atoms with Crippen LogP contribution in [-0.4, -0.2) is 41.1 Å². The molecule has 0 radical (unpaired) electrons. The molecule has 1 N–H and O–H groups in total. The minimum absolute atomic E-state index is 0.0893. The van der Waals surface area contributed by atoms with Gasteiger partial charge in [0.15, 0.2) is 12.5 Å². The van der Waals surface area contributed by atoms with Crippen molar-refractivity contribution in [1.82, 2.24) is 4.90 Å². The van der Waals surface area contributed by atoms with Crippen molar-refractivity contribution in [3.05, 3.63) is 65.7 Å². The lowest BCUT2D eigenvalue weighted by Gasteiger charge is -2.28. The maximum Gasteiger partial charge on any atom is 0.228 e. The molecule has 136 valence electrons. The van der Waals surface area contributed by atoms with E-state index in [1.54, 1.807) is 29.2 Å². The van der Waals surface area contributed by atoms with Gasteiger partial charge in [0.1, 0.15) is 5.75 Å². The van der Waals surface area contributed by atoms with Gasteiger partial charge >= 0.3 is 0 Å². The van der Waals surface area contributed by atoms with Crippen LogP contribution in [0.2, 0.25) is 0 Å². The second-order valence-corrected chi connectivity index (χ2v) is 6.72. The molecule has 1 heterocycles. The number of ether oxygens (including phenoxy) is 1. The Bertz CT molecular complexity index is 744. The molecular formula is C21H23NO4. The Morgan fingerprint density at radius 3 is 2.54 bits per heavy atom. The van der Waals surface area contributed by atoms with Gasteiger partial charge in [-0.1, -0.05) is 49.4 Å². The third-order valence-corrected chi connectivity index (χ3v) is 4.71. The highest BCUT2D eigenvalue weighted by molar-refractivity contribution is 5.82. The number of hydrogen-bond acceptors (Lipinski definition) is 4. The average Bonchev–Trinajstić information content (AvgIpc) is 3.06. The molecule has 2 aromatic rings. The predicted octanol–water partition coefficient (Wildman–Crippen LogP) is 2.57. The molecule has 0 aliphatic carbocycles. The molecular weight excluding hydrogens is 330 g/mol. The molecule has 26 heavy (non-hydrogen) atoms. The summed E-state index contributed by atoms with van der Waals surface area (Å²) in [4.78, 5) is 26.0. The lowest BCUT2D eigenvalue weighted by molar-refractivity contribution is -0.145. The highest BCUT2D eigenvalue weighted by Gasteiger charge is 2.39. The number of rotatable bonds is 6. The smallest absolute Gasteiger partial charge is 0.228 e. The second kappa shape index (κ2) is 8.15. The number of nitrogens with zero attached hydrogens (tertiary/aromatic N) is 1. The van der Waals surface area contributed by atoms with E-state index in [1.165, 1.54) is 0 Å². The number of aldehydes is 1. The number of amides is 1. The first kappa shape index (κ1) is 18.1. The topological polar surface area (TPSA) is 66.8 Å². The van der Waals surface area contributed by atoms with Crippen molar-refractivity contribution in [1.29, 1.82) is 0 Å². The van der Waals surface area contributed by atoms with Gasteiger partial charge in [-0.25, -0.2) is 0 Å². The molecule has 3 rings (SSSR count). The molecule has 1 saturated heterocycles. The quantitative estimate of drug-likeness (QED) is 0.811. The fourth-order valence-corrected chi connectivity index (χ4v) is 3.36. The van der Waals surface area contributed by atoms with Gasteiger partial charge in [0.25, 0.3) is 0 Å². The fraction of sp³-hybridized carbons (Fsp3) is 0.333. The summed E-state index contributed by atoms with van der Waals surface area (Å²) < 4.78 is 5.54. The summed E-state index contributed by atoms with van der Waals surface area (Å²) in [7, 11) is 0. The number of phenolic OH excluding ortho intramolecular Hbond substituents is 1. The molecule has 0 saturated carbocycles. The van der Waals surface area contributed by atoms with E-state index in [0.29, 0.717) is 25.7 Å². The van der Waals surface area contributed by atoms with Crippen molar-refractivity contribution in [2.75, 3.05) is 6.61 Å². The third kappa shape index (κ3) is 4.11. The SMILES string of the molecule is CC(Cc1ccc(O)cc1)C(=O)N1C(Cc2ccccc2)COC1C=O. The Hall–Kier alpha value is -2.66. The van der Waals surface area contributed by atoms with Crippen molar-refractivity contribution in [3.63, 3.8) is 0 Å². The van der Waals surface area contributed by atoms with E-state index in [2.05, 4.69) is 0 Å². The Balaban J connectivity index is 1.72. The van der Waals surface area contributed by atoms with Gasteiger partial charge in [0.05, 0.1) is 12.6 Å². The van der Waals surface area contributed by atoms with Crippen LogP contribution in [0.25, 0.3) is 0 Å². The van der Waals surface area contributed by atoms with Gasteiger partial charge in [-0.2, -0.15) is 0 Å². The van der Waals surface area contributed by atoms with Crippen molar-refractivity contribution < 1.29 is 19.4 Å². The van der Waals surface area contributed by atoms with E-state index < -0.39 is 6.23 Å². The van der Waals surface area contributed by atoms with Gasteiger partial charge in [0.2, 0.25) is 5.91 Å². The van der Waals surface area contributed by atoms with E-state index in [-0.39, 0.29) is 23.6 Å². The Kier molecular flexibility index (Phi) is 5.68. The first-order valence-corrected chi connectivity index (χ1v) is 8.79. The number of benzene rings is 2. The largest absolute Gasteiger partial charge is 0.508 e. The third-order valence-electron chi connectivity index (χ3n) is 4.71. The van der Waals surface area contributed by atoms with Crippen molar-refractivity contribution in [2.24, 2.45) is 5.92 Å². The van der Waals surface area contributed by atoms with E-state index in [0.717, 1.165) is 11.1 Å². The zero-order chi connectivity index (χ0) is 18.5. The van der Waals surface area contributed by atoms with Crippen LogP contribution in [-0.2, 0) is 27.2 Å². The van der Waals surface area contributed by atoms with Gasteiger partial charge in [-0.15, -0.1) is 0 Å². The van der Waals surface area contributed by atoms with Crippen LogP contribution in [0.5, 0.6) is 5.75 Å². The van der Waals surface area contributed by atoms with E-state index >= 15 is 0 Å². The van der Waals surface area contributed by atoms with E-state index in [4.69, 9.17) is 4.74 Å². The van der Waals surface area contributed by atoms with E-state index in [1.807, 2.05) is 37.3 Å². The number of aromatic hydroxyl groups is 1. The van der Waals surface area contributed by atoms with Crippen LogP contribution < -0.4 is 0 Å². The van der Waals surface area contributed by atoms with Crippen LogP contribution in [0, 0.1) is 5.92 Å². The summed E-state index contributed by atoms with van der Waals surface area (Å²) in [6.07, 6.45) is 1.07. The van der Waals surface area contributed by atoms with Crippen molar-refractivity contribution in [2.45, 2.75) is 32.0 Å².